The second kappa shape index (κ2) is 7.40. The molecule has 1 aromatic heterocycles. The van der Waals surface area contributed by atoms with Crippen molar-refractivity contribution in [3.05, 3.63) is 70.4 Å². The van der Waals surface area contributed by atoms with Gasteiger partial charge in [-0.25, -0.2) is 0 Å². The number of rotatable bonds is 5. The van der Waals surface area contributed by atoms with Gasteiger partial charge in [0.05, 0.1) is 10.6 Å². The van der Waals surface area contributed by atoms with Crippen molar-refractivity contribution in [2.75, 3.05) is 13.1 Å². The maximum atomic E-state index is 12.2. The van der Waals surface area contributed by atoms with Crippen molar-refractivity contribution >= 4 is 34.3 Å². The number of aromatic nitrogens is 1. The van der Waals surface area contributed by atoms with Crippen LogP contribution in [-0.2, 0) is 0 Å². The molecule has 0 aliphatic heterocycles. The molecule has 0 atom stereocenters. The van der Waals surface area contributed by atoms with E-state index in [0.29, 0.717) is 29.4 Å². The molecule has 0 saturated heterocycles. The van der Waals surface area contributed by atoms with Gasteiger partial charge in [0.2, 0.25) is 0 Å². The van der Waals surface area contributed by atoms with Crippen LogP contribution >= 0.6 is 11.6 Å². The van der Waals surface area contributed by atoms with Gasteiger partial charge in [-0.2, -0.15) is 0 Å². The van der Waals surface area contributed by atoms with E-state index >= 15 is 0 Å². The van der Waals surface area contributed by atoms with Crippen molar-refractivity contribution in [1.82, 2.24) is 15.6 Å². The summed E-state index contributed by atoms with van der Waals surface area (Å²) in [5.74, 6) is -0.471. The summed E-state index contributed by atoms with van der Waals surface area (Å²) >= 11 is 5.98. The highest BCUT2D eigenvalue weighted by Crippen LogP contribution is 2.17. The molecule has 1 heterocycles. The molecule has 5 nitrogen and oxygen atoms in total. The van der Waals surface area contributed by atoms with Crippen LogP contribution in [0.2, 0.25) is 5.02 Å². The third kappa shape index (κ3) is 4.00. The normalized spacial score (nSPS) is 10.6. The number of benzene rings is 2. The van der Waals surface area contributed by atoms with Crippen molar-refractivity contribution in [3.63, 3.8) is 0 Å². The SMILES string of the molecule is Cc1ccc2cc(C(=O)NCCNC(=O)c3ccccc3Cl)[nH]c2c1. The molecule has 25 heavy (non-hydrogen) atoms. The molecule has 0 bridgehead atoms. The fraction of sp³-hybridized carbons (Fsp3) is 0.158. The fourth-order valence-corrected chi connectivity index (χ4v) is 2.77. The van der Waals surface area contributed by atoms with E-state index in [4.69, 9.17) is 11.6 Å². The summed E-state index contributed by atoms with van der Waals surface area (Å²) < 4.78 is 0. The van der Waals surface area contributed by atoms with Crippen LogP contribution in [0.4, 0.5) is 0 Å². The number of aromatic amines is 1. The van der Waals surface area contributed by atoms with Gasteiger partial charge in [-0.3, -0.25) is 9.59 Å². The monoisotopic (exact) mass is 355 g/mol. The number of aryl methyl sites for hydroxylation is 1. The standard InChI is InChI=1S/C19H18ClN3O2/c1-12-6-7-13-11-17(23-16(13)10-12)19(25)22-9-8-21-18(24)14-4-2-3-5-15(14)20/h2-7,10-11,23H,8-9H2,1H3,(H,21,24)(H,22,25). The van der Waals surface area contributed by atoms with Gasteiger partial charge in [0, 0.05) is 24.0 Å². The topological polar surface area (TPSA) is 74.0 Å². The van der Waals surface area contributed by atoms with Gasteiger partial charge < -0.3 is 15.6 Å². The highest BCUT2D eigenvalue weighted by molar-refractivity contribution is 6.33. The molecule has 128 valence electrons. The van der Waals surface area contributed by atoms with Crippen LogP contribution in [0.1, 0.15) is 26.4 Å². The van der Waals surface area contributed by atoms with Crippen LogP contribution in [0.3, 0.4) is 0 Å². The third-order valence-electron chi connectivity index (χ3n) is 3.84. The lowest BCUT2D eigenvalue weighted by Crippen LogP contribution is -2.34. The Balaban J connectivity index is 1.52. The van der Waals surface area contributed by atoms with Gasteiger partial charge in [-0.15, -0.1) is 0 Å². The number of H-pyrrole nitrogens is 1. The van der Waals surface area contributed by atoms with Gasteiger partial charge in [-0.1, -0.05) is 35.9 Å². The highest BCUT2D eigenvalue weighted by atomic mass is 35.5. The Hall–Kier alpha value is -2.79. The smallest absolute Gasteiger partial charge is 0.267 e. The molecule has 2 aromatic carbocycles. The number of hydrogen-bond acceptors (Lipinski definition) is 2. The largest absolute Gasteiger partial charge is 0.351 e. The van der Waals surface area contributed by atoms with Crippen molar-refractivity contribution < 1.29 is 9.59 Å². The Bertz CT molecular complexity index is 933. The van der Waals surface area contributed by atoms with E-state index in [-0.39, 0.29) is 11.8 Å². The maximum absolute atomic E-state index is 12.2. The quantitative estimate of drug-likeness (QED) is 0.614. The number of fused-ring (bicyclic) bond motifs is 1. The first-order valence-electron chi connectivity index (χ1n) is 7.95. The lowest BCUT2D eigenvalue weighted by atomic mass is 10.2. The minimum Gasteiger partial charge on any atom is -0.351 e. The summed E-state index contributed by atoms with van der Waals surface area (Å²) in [5, 5.41) is 6.90. The maximum Gasteiger partial charge on any atom is 0.267 e. The van der Waals surface area contributed by atoms with E-state index in [2.05, 4.69) is 15.6 Å². The molecular weight excluding hydrogens is 338 g/mol. The predicted octanol–water partition coefficient (Wildman–Crippen LogP) is 3.29. The molecule has 0 fully saturated rings. The average Bonchev–Trinajstić information content (AvgIpc) is 3.02. The molecule has 3 rings (SSSR count). The molecule has 0 unspecified atom stereocenters. The van der Waals surface area contributed by atoms with Crippen molar-refractivity contribution in [2.45, 2.75) is 6.92 Å². The van der Waals surface area contributed by atoms with E-state index in [9.17, 15) is 9.59 Å². The van der Waals surface area contributed by atoms with Crippen molar-refractivity contribution in [3.8, 4) is 0 Å². The van der Waals surface area contributed by atoms with Gasteiger partial charge in [-0.05, 0) is 36.8 Å². The van der Waals surface area contributed by atoms with E-state index < -0.39 is 0 Å². The Morgan fingerprint density at radius 1 is 1.00 bits per heavy atom. The first-order chi connectivity index (χ1) is 12.0. The number of carbonyl (C=O) groups excluding carboxylic acids is 2. The Labute approximate surface area is 150 Å². The average molecular weight is 356 g/mol. The lowest BCUT2D eigenvalue weighted by molar-refractivity contribution is 0.0925. The van der Waals surface area contributed by atoms with E-state index in [1.807, 2.05) is 31.2 Å². The van der Waals surface area contributed by atoms with E-state index in [1.54, 1.807) is 24.3 Å². The van der Waals surface area contributed by atoms with E-state index in [0.717, 1.165) is 16.5 Å². The second-order valence-corrected chi connectivity index (χ2v) is 6.17. The molecule has 0 radical (unpaired) electrons. The zero-order chi connectivity index (χ0) is 17.8. The number of carbonyl (C=O) groups is 2. The molecule has 3 N–H and O–H groups in total. The molecule has 6 heteroatoms. The predicted molar refractivity (Wildman–Crippen MR) is 99.2 cm³/mol. The van der Waals surface area contributed by atoms with E-state index in [1.165, 1.54) is 0 Å². The van der Waals surface area contributed by atoms with Gasteiger partial charge in [0.1, 0.15) is 5.69 Å². The minimum atomic E-state index is -0.263. The third-order valence-corrected chi connectivity index (χ3v) is 4.17. The van der Waals surface area contributed by atoms with Crippen LogP contribution in [0.25, 0.3) is 10.9 Å². The molecule has 0 saturated carbocycles. The van der Waals surface area contributed by atoms with Gasteiger partial charge >= 0.3 is 0 Å². The summed E-state index contributed by atoms with van der Waals surface area (Å²) in [6.45, 7) is 2.64. The van der Waals surface area contributed by atoms with Gasteiger partial charge in [0.25, 0.3) is 11.8 Å². The summed E-state index contributed by atoms with van der Waals surface area (Å²) in [6.07, 6.45) is 0. The molecule has 2 amide bonds. The van der Waals surface area contributed by atoms with Crippen molar-refractivity contribution in [1.29, 1.82) is 0 Å². The van der Waals surface area contributed by atoms with Gasteiger partial charge in [0.15, 0.2) is 0 Å². The zero-order valence-corrected chi connectivity index (χ0v) is 14.5. The summed E-state index contributed by atoms with van der Waals surface area (Å²) in [5.41, 5.74) is 2.97. The molecule has 0 spiro atoms. The molecule has 0 aliphatic rings. The van der Waals surface area contributed by atoms with Crippen LogP contribution in [0.15, 0.2) is 48.5 Å². The van der Waals surface area contributed by atoms with Crippen molar-refractivity contribution in [2.24, 2.45) is 0 Å². The number of nitrogens with one attached hydrogen (secondary N) is 3. The lowest BCUT2D eigenvalue weighted by Gasteiger charge is -2.07. The number of hydrogen-bond donors (Lipinski definition) is 3. The summed E-state index contributed by atoms with van der Waals surface area (Å²) in [4.78, 5) is 27.3. The Morgan fingerprint density at radius 3 is 2.48 bits per heavy atom. The Kier molecular flexibility index (Phi) is 5.05. The minimum absolute atomic E-state index is 0.208. The van der Waals surface area contributed by atoms with Crippen LogP contribution < -0.4 is 10.6 Å². The molecular formula is C19H18ClN3O2. The fourth-order valence-electron chi connectivity index (χ4n) is 2.55. The molecule has 3 aromatic rings. The summed E-state index contributed by atoms with van der Waals surface area (Å²) in [7, 11) is 0. The Morgan fingerprint density at radius 2 is 1.72 bits per heavy atom. The molecule has 0 aliphatic carbocycles. The summed E-state index contributed by atoms with van der Waals surface area (Å²) in [6, 6.07) is 14.6. The highest BCUT2D eigenvalue weighted by Gasteiger charge is 2.11. The van der Waals surface area contributed by atoms with Crippen LogP contribution in [-0.4, -0.2) is 29.9 Å². The second-order valence-electron chi connectivity index (χ2n) is 5.77. The van der Waals surface area contributed by atoms with Crippen LogP contribution in [0.5, 0.6) is 0 Å². The number of halogens is 1. The zero-order valence-electron chi connectivity index (χ0n) is 13.7. The van der Waals surface area contributed by atoms with Crippen LogP contribution in [0, 0.1) is 6.92 Å². The number of amides is 2. The first kappa shape index (κ1) is 17.0. The first-order valence-corrected chi connectivity index (χ1v) is 8.33.